The number of halogens is 5. The molecule has 0 atom stereocenters. The SMILES string of the molecule is COc1c(Br)cc(Br)cc1[C@]1(C#N)C[C@H](Oc2ccn3c(CC4CC4)nnc3c2C(F)(F)F)C1. The molecule has 11 heteroatoms. The highest BCUT2D eigenvalue weighted by atomic mass is 79.9. The molecule has 2 aromatic heterocycles. The van der Waals surface area contributed by atoms with Gasteiger partial charge in [-0.05, 0) is 52.9 Å². The smallest absolute Gasteiger partial charge is 0.423 e. The summed E-state index contributed by atoms with van der Waals surface area (Å²) in [5.74, 6) is 1.20. The topological polar surface area (TPSA) is 72.4 Å². The first-order valence-corrected chi connectivity index (χ1v) is 12.3. The summed E-state index contributed by atoms with van der Waals surface area (Å²) in [7, 11) is 1.51. The zero-order chi connectivity index (χ0) is 24.3. The molecule has 0 unspecified atom stereocenters. The Morgan fingerprint density at radius 1 is 1.24 bits per heavy atom. The zero-order valence-corrected chi connectivity index (χ0v) is 21.2. The van der Waals surface area contributed by atoms with Gasteiger partial charge in [-0.15, -0.1) is 10.2 Å². The van der Waals surface area contributed by atoms with E-state index < -0.39 is 23.3 Å². The number of hydrogen-bond acceptors (Lipinski definition) is 5. The number of pyridine rings is 1. The Kier molecular flexibility index (Phi) is 5.80. The minimum absolute atomic E-state index is 0.227. The van der Waals surface area contributed by atoms with Gasteiger partial charge in [-0.3, -0.25) is 4.40 Å². The van der Waals surface area contributed by atoms with Crippen molar-refractivity contribution in [1.82, 2.24) is 14.6 Å². The van der Waals surface area contributed by atoms with Gasteiger partial charge in [-0.2, -0.15) is 18.4 Å². The van der Waals surface area contributed by atoms with Gasteiger partial charge in [0.1, 0.15) is 29.0 Å². The predicted octanol–water partition coefficient (Wildman–Crippen LogP) is 6.24. The molecule has 0 aliphatic heterocycles. The van der Waals surface area contributed by atoms with E-state index in [0.29, 0.717) is 33.9 Å². The highest BCUT2D eigenvalue weighted by Gasteiger charge is 2.50. The van der Waals surface area contributed by atoms with Crippen LogP contribution in [-0.4, -0.2) is 27.8 Å². The summed E-state index contributed by atoms with van der Waals surface area (Å²) in [6.45, 7) is 0. The third-order valence-electron chi connectivity index (χ3n) is 6.45. The fourth-order valence-corrected chi connectivity index (χ4v) is 5.93. The van der Waals surface area contributed by atoms with Gasteiger partial charge < -0.3 is 9.47 Å². The molecule has 0 radical (unpaired) electrons. The fraction of sp³-hybridized carbons (Fsp3) is 0.435. The minimum atomic E-state index is -4.67. The van der Waals surface area contributed by atoms with Crippen LogP contribution < -0.4 is 9.47 Å². The van der Waals surface area contributed by atoms with Gasteiger partial charge in [0.05, 0.1) is 23.1 Å². The number of ether oxygens (including phenoxy) is 2. The second kappa shape index (κ2) is 8.41. The Morgan fingerprint density at radius 2 is 1.97 bits per heavy atom. The van der Waals surface area contributed by atoms with E-state index in [0.717, 1.165) is 17.3 Å². The van der Waals surface area contributed by atoms with Crippen LogP contribution in [0.25, 0.3) is 5.65 Å². The van der Waals surface area contributed by atoms with Crippen LogP contribution in [0.3, 0.4) is 0 Å². The molecule has 34 heavy (non-hydrogen) atoms. The predicted molar refractivity (Wildman–Crippen MR) is 124 cm³/mol. The van der Waals surface area contributed by atoms with Gasteiger partial charge in [0.25, 0.3) is 0 Å². The molecule has 2 saturated carbocycles. The number of aromatic nitrogens is 3. The quantitative estimate of drug-likeness (QED) is 0.335. The minimum Gasteiger partial charge on any atom is -0.495 e. The van der Waals surface area contributed by atoms with Crippen LogP contribution >= 0.6 is 31.9 Å². The van der Waals surface area contributed by atoms with Crippen molar-refractivity contribution in [2.75, 3.05) is 7.11 Å². The van der Waals surface area contributed by atoms with Gasteiger partial charge in [0.15, 0.2) is 5.65 Å². The Hall–Kier alpha value is -2.32. The summed E-state index contributed by atoms with van der Waals surface area (Å²) in [4.78, 5) is 0. The van der Waals surface area contributed by atoms with Crippen molar-refractivity contribution in [2.24, 2.45) is 5.92 Å². The summed E-state index contributed by atoms with van der Waals surface area (Å²) in [6, 6.07) is 7.25. The highest BCUT2D eigenvalue weighted by molar-refractivity contribution is 9.11. The number of alkyl halides is 3. The molecule has 178 valence electrons. The lowest BCUT2D eigenvalue weighted by atomic mass is 9.63. The lowest BCUT2D eigenvalue weighted by Gasteiger charge is -2.43. The lowest BCUT2D eigenvalue weighted by Crippen LogP contribution is -2.47. The summed E-state index contributed by atoms with van der Waals surface area (Å²) in [6.07, 6.45) is -0.530. The van der Waals surface area contributed by atoms with E-state index >= 15 is 0 Å². The number of fused-ring (bicyclic) bond motifs is 1. The molecule has 2 aliphatic carbocycles. The van der Waals surface area contributed by atoms with Crippen LogP contribution in [0, 0.1) is 17.2 Å². The molecule has 6 nitrogen and oxygen atoms in total. The summed E-state index contributed by atoms with van der Waals surface area (Å²) >= 11 is 6.87. The molecule has 3 aromatic rings. The van der Waals surface area contributed by atoms with Gasteiger partial charge in [0.2, 0.25) is 0 Å². The number of methoxy groups -OCH3 is 1. The molecular weight excluding hydrogens is 581 g/mol. The first-order chi connectivity index (χ1) is 16.1. The molecule has 5 rings (SSSR count). The number of rotatable bonds is 6. The maximum absolute atomic E-state index is 14.1. The van der Waals surface area contributed by atoms with Gasteiger partial charge in [-0.1, -0.05) is 15.9 Å². The molecule has 0 spiro atoms. The molecular formula is C23H19Br2F3N4O2. The van der Waals surface area contributed by atoms with Crippen LogP contribution in [0.15, 0.2) is 33.3 Å². The van der Waals surface area contributed by atoms with Crippen LogP contribution in [0.4, 0.5) is 13.2 Å². The van der Waals surface area contributed by atoms with E-state index in [2.05, 4.69) is 48.1 Å². The first-order valence-electron chi connectivity index (χ1n) is 10.7. The van der Waals surface area contributed by atoms with Gasteiger partial charge in [-0.25, -0.2) is 0 Å². The zero-order valence-electron chi connectivity index (χ0n) is 18.0. The van der Waals surface area contributed by atoms with Crippen molar-refractivity contribution in [3.05, 3.63) is 50.3 Å². The Balaban J connectivity index is 1.44. The normalized spacial score (nSPS) is 22.3. The summed E-state index contributed by atoms with van der Waals surface area (Å²) in [5.41, 5.74) is -1.48. The van der Waals surface area contributed by atoms with Crippen molar-refractivity contribution in [3.8, 4) is 17.6 Å². The third kappa shape index (κ3) is 4.05. The van der Waals surface area contributed by atoms with E-state index in [1.54, 1.807) is 12.1 Å². The monoisotopic (exact) mass is 598 g/mol. The second-order valence-electron chi connectivity index (χ2n) is 8.82. The maximum Gasteiger partial charge on any atom is 0.423 e. The van der Waals surface area contributed by atoms with Crippen LogP contribution in [0.2, 0.25) is 0 Å². The van der Waals surface area contributed by atoms with Crippen LogP contribution in [0.1, 0.15) is 42.6 Å². The number of hydrogen-bond donors (Lipinski definition) is 0. The Morgan fingerprint density at radius 3 is 2.59 bits per heavy atom. The van der Waals surface area contributed by atoms with Crippen molar-refractivity contribution < 1.29 is 22.6 Å². The molecule has 2 heterocycles. The average Bonchev–Trinajstić information content (AvgIpc) is 3.47. The molecule has 2 fully saturated rings. The third-order valence-corrected chi connectivity index (χ3v) is 7.50. The van der Waals surface area contributed by atoms with Gasteiger partial charge in [0, 0.05) is 35.5 Å². The van der Waals surface area contributed by atoms with E-state index in [4.69, 9.17) is 9.47 Å². The van der Waals surface area contributed by atoms with E-state index in [9.17, 15) is 18.4 Å². The van der Waals surface area contributed by atoms with Crippen molar-refractivity contribution in [3.63, 3.8) is 0 Å². The maximum atomic E-state index is 14.1. The lowest BCUT2D eigenvalue weighted by molar-refractivity contribution is -0.138. The van der Waals surface area contributed by atoms with Gasteiger partial charge >= 0.3 is 6.18 Å². The number of benzene rings is 1. The fourth-order valence-electron chi connectivity index (χ4n) is 4.55. The van der Waals surface area contributed by atoms with Crippen molar-refractivity contribution in [1.29, 1.82) is 5.26 Å². The summed E-state index contributed by atoms with van der Waals surface area (Å²) < 4.78 is 56.3. The Bertz CT molecular complexity index is 1310. The van der Waals surface area contributed by atoms with Crippen molar-refractivity contribution >= 4 is 37.5 Å². The Labute approximate surface area is 210 Å². The standard InChI is InChI=1S/C23H19Br2F3N4O2/c1-33-20-15(7-13(24)8-16(20)25)22(11-29)9-14(10-22)34-17-4-5-32-18(6-12-2-3-12)30-31-21(32)19(17)23(26,27)28/h4-5,7-8,12,14H,2-3,6,9-10H2,1H3/t14-,22+. The van der Waals surface area contributed by atoms with Crippen LogP contribution in [-0.2, 0) is 18.0 Å². The molecule has 0 N–H and O–H groups in total. The van der Waals surface area contributed by atoms with E-state index in [1.165, 1.54) is 23.8 Å². The molecule has 0 saturated heterocycles. The molecule has 1 aromatic carbocycles. The highest BCUT2D eigenvalue weighted by Crippen LogP contribution is 2.51. The van der Waals surface area contributed by atoms with E-state index in [-0.39, 0.29) is 24.2 Å². The van der Waals surface area contributed by atoms with Crippen LogP contribution in [0.5, 0.6) is 11.5 Å². The molecule has 0 bridgehead atoms. The first kappa shape index (κ1) is 23.4. The number of nitriles is 1. The number of nitrogens with zero attached hydrogens (tertiary/aromatic N) is 4. The molecule has 0 amide bonds. The van der Waals surface area contributed by atoms with E-state index in [1.807, 2.05) is 0 Å². The molecule has 2 aliphatic rings. The summed E-state index contributed by atoms with van der Waals surface area (Å²) in [5, 5.41) is 17.8. The van der Waals surface area contributed by atoms with Crippen molar-refractivity contribution in [2.45, 2.75) is 49.8 Å². The second-order valence-corrected chi connectivity index (χ2v) is 10.6. The largest absolute Gasteiger partial charge is 0.495 e. The average molecular weight is 600 g/mol.